The minimum Gasteiger partial charge on any atom is -0.347 e. The quantitative estimate of drug-likeness (QED) is 0.676. The molecule has 2 heterocycles. The molecule has 1 aliphatic heterocycles. The van der Waals surface area contributed by atoms with Crippen LogP contribution in [0.15, 0.2) is 48.5 Å². The lowest BCUT2D eigenvalue weighted by atomic mass is 9.96. The Bertz CT molecular complexity index is 963. The third-order valence-electron chi connectivity index (χ3n) is 5.19. The number of piperidine rings is 1. The van der Waals surface area contributed by atoms with E-state index in [0.717, 1.165) is 48.1 Å². The van der Waals surface area contributed by atoms with Crippen molar-refractivity contribution in [1.29, 1.82) is 0 Å². The predicted octanol–water partition coefficient (Wildman–Crippen LogP) is 4.43. The topological polar surface area (TPSA) is 58.1 Å². The summed E-state index contributed by atoms with van der Waals surface area (Å²) >= 11 is 1.38. The lowest BCUT2D eigenvalue weighted by molar-refractivity contribution is -0.120. The third-order valence-corrected chi connectivity index (χ3v) is 6.00. The number of hydrogen-bond acceptors (Lipinski definition) is 5. The zero-order valence-electron chi connectivity index (χ0n) is 16.3. The zero-order valence-corrected chi connectivity index (χ0v) is 17.1. The van der Waals surface area contributed by atoms with Gasteiger partial charge in [-0.3, -0.25) is 4.79 Å². The Morgan fingerprint density at radius 1 is 1.14 bits per heavy atom. The van der Waals surface area contributed by atoms with Crippen LogP contribution in [0.2, 0.25) is 0 Å². The molecule has 1 amide bonds. The normalized spacial score (nSPS) is 14.8. The van der Waals surface area contributed by atoms with Crippen LogP contribution in [0.5, 0.6) is 0 Å². The zero-order chi connectivity index (χ0) is 20.2. The molecule has 29 heavy (non-hydrogen) atoms. The second-order valence-corrected chi connectivity index (χ2v) is 8.14. The molecule has 0 unspecified atom stereocenters. The Hall–Kier alpha value is -2.80. The maximum Gasteiger partial charge on any atom is 0.227 e. The Balaban J connectivity index is 1.30. The number of amides is 1. The average molecular weight is 411 g/mol. The molecule has 1 N–H and O–H groups in total. The summed E-state index contributed by atoms with van der Waals surface area (Å²) < 4.78 is 17.5. The molecule has 1 aromatic heterocycles. The van der Waals surface area contributed by atoms with Crippen LogP contribution in [0.4, 0.5) is 15.2 Å². The molecule has 2 aromatic carbocycles. The fourth-order valence-electron chi connectivity index (χ4n) is 3.44. The molecule has 0 atom stereocenters. The van der Waals surface area contributed by atoms with Crippen LogP contribution < -0.4 is 10.2 Å². The maximum absolute atomic E-state index is 13.0. The van der Waals surface area contributed by atoms with Crippen LogP contribution in [0.1, 0.15) is 29.8 Å². The Morgan fingerprint density at radius 2 is 1.83 bits per heavy atom. The number of carbonyl (C=O) groups is 1. The van der Waals surface area contributed by atoms with Gasteiger partial charge < -0.3 is 10.2 Å². The van der Waals surface area contributed by atoms with E-state index in [2.05, 4.69) is 19.6 Å². The molecule has 3 aromatic rings. The fraction of sp³-hybridized carbons (Fsp3) is 0.318. The van der Waals surface area contributed by atoms with Gasteiger partial charge in [0.15, 0.2) is 0 Å². The number of halogens is 1. The monoisotopic (exact) mass is 410 g/mol. The number of aryl methyl sites for hydroxylation is 1. The van der Waals surface area contributed by atoms with Gasteiger partial charge in [-0.15, -0.1) is 0 Å². The van der Waals surface area contributed by atoms with E-state index in [1.165, 1.54) is 29.2 Å². The van der Waals surface area contributed by atoms with Gasteiger partial charge in [-0.05, 0) is 49.6 Å². The first-order chi connectivity index (χ1) is 14.1. The van der Waals surface area contributed by atoms with Gasteiger partial charge in [0.2, 0.25) is 11.0 Å². The van der Waals surface area contributed by atoms with Crippen molar-refractivity contribution < 1.29 is 9.18 Å². The summed E-state index contributed by atoms with van der Waals surface area (Å²) in [6.45, 7) is 3.61. The van der Waals surface area contributed by atoms with Crippen molar-refractivity contribution in [3.8, 4) is 0 Å². The summed E-state index contributed by atoms with van der Waals surface area (Å²) in [7, 11) is 0. The van der Waals surface area contributed by atoms with Gasteiger partial charge in [0.1, 0.15) is 11.6 Å². The first-order valence-corrected chi connectivity index (χ1v) is 10.5. The number of nitrogens with zero attached hydrogens (tertiary/aromatic N) is 3. The Labute approximate surface area is 173 Å². The van der Waals surface area contributed by atoms with E-state index in [1.807, 2.05) is 31.2 Å². The lowest BCUT2D eigenvalue weighted by Gasteiger charge is -2.30. The van der Waals surface area contributed by atoms with Crippen molar-refractivity contribution in [2.24, 2.45) is 5.92 Å². The van der Waals surface area contributed by atoms with Crippen LogP contribution in [0, 0.1) is 18.7 Å². The number of nitrogens with one attached hydrogen (secondary N) is 1. The lowest BCUT2D eigenvalue weighted by Crippen LogP contribution is -2.38. The molecule has 1 saturated heterocycles. The van der Waals surface area contributed by atoms with E-state index in [-0.39, 0.29) is 17.6 Å². The number of aromatic nitrogens is 2. The molecule has 4 rings (SSSR count). The summed E-state index contributed by atoms with van der Waals surface area (Å²) in [5.74, 6) is 0.604. The third kappa shape index (κ3) is 4.98. The molecule has 1 aliphatic rings. The minimum atomic E-state index is -0.241. The van der Waals surface area contributed by atoms with Crippen LogP contribution in [-0.2, 0) is 11.2 Å². The molecule has 0 spiro atoms. The summed E-state index contributed by atoms with van der Waals surface area (Å²) in [5.41, 5.74) is 3.01. The maximum atomic E-state index is 13.0. The first-order valence-electron chi connectivity index (χ1n) is 9.76. The van der Waals surface area contributed by atoms with Gasteiger partial charge in [-0.1, -0.05) is 29.8 Å². The van der Waals surface area contributed by atoms with E-state index in [1.54, 1.807) is 12.1 Å². The molecule has 7 heteroatoms. The molecular weight excluding hydrogens is 387 g/mol. The highest BCUT2D eigenvalue weighted by Crippen LogP contribution is 2.26. The fourth-order valence-corrected chi connectivity index (χ4v) is 4.18. The van der Waals surface area contributed by atoms with E-state index in [9.17, 15) is 9.18 Å². The Kier molecular flexibility index (Phi) is 5.85. The van der Waals surface area contributed by atoms with Gasteiger partial charge >= 0.3 is 0 Å². The van der Waals surface area contributed by atoms with Crippen molar-refractivity contribution in [2.45, 2.75) is 26.2 Å². The summed E-state index contributed by atoms with van der Waals surface area (Å²) in [6, 6.07) is 14.3. The molecule has 150 valence electrons. The molecule has 5 nitrogen and oxygen atoms in total. The van der Waals surface area contributed by atoms with Crippen molar-refractivity contribution in [1.82, 2.24) is 9.36 Å². The van der Waals surface area contributed by atoms with Gasteiger partial charge in [-0.25, -0.2) is 9.37 Å². The van der Waals surface area contributed by atoms with E-state index in [4.69, 9.17) is 0 Å². The van der Waals surface area contributed by atoms with Crippen molar-refractivity contribution in [3.63, 3.8) is 0 Å². The van der Waals surface area contributed by atoms with Crippen LogP contribution >= 0.6 is 11.5 Å². The molecule has 0 saturated carbocycles. The van der Waals surface area contributed by atoms with Crippen molar-refractivity contribution in [2.75, 3.05) is 23.3 Å². The molecule has 0 radical (unpaired) electrons. The average Bonchev–Trinajstić information content (AvgIpc) is 3.20. The van der Waals surface area contributed by atoms with Gasteiger partial charge in [-0.2, -0.15) is 4.37 Å². The molecule has 1 fully saturated rings. The number of benzene rings is 2. The molecule has 0 bridgehead atoms. The Morgan fingerprint density at radius 3 is 2.52 bits per heavy atom. The van der Waals surface area contributed by atoms with E-state index >= 15 is 0 Å². The summed E-state index contributed by atoms with van der Waals surface area (Å²) in [4.78, 5) is 19.4. The SMILES string of the molecule is Cc1ccc(NC(=O)C2CCN(c3nc(Cc4ccc(F)cc4)ns3)CC2)cc1. The summed E-state index contributed by atoms with van der Waals surface area (Å²) in [5, 5.41) is 3.91. The highest BCUT2D eigenvalue weighted by atomic mass is 32.1. The number of hydrogen-bond donors (Lipinski definition) is 1. The van der Waals surface area contributed by atoms with E-state index in [0.29, 0.717) is 6.42 Å². The van der Waals surface area contributed by atoms with Crippen LogP contribution in [0.3, 0.4) is 0 Å². The number of carbonyl (C=O) groups excluding carboxylic acids is 1. The van der Waals surface area contributed by atoms with Crippen molar-refractivity contribution in [3.05, 3.63) is 71.3 Å². The molecule has 0 aliphatic carbocycles. The van der Waals surface area contributed by atoms with Crippen LogP contribution in [0.25, 0.3) is 0 Å². The summed E-state index contributed by atoms with van der Waals surface area (Å²) in [6.07, 6.45) is 2.18. The van der Waals surface area contributed by atoms with Crippen LogP contribution in [-0.4, -0.2) is 28.4 Å². The van der Waals surface area contributed by atoms with Gasteiger partial charge in [0.25, 0.3) is 0 Å². The van der Waals surface area contributed by atoms with E-state index < -0.39 is 0 Å². The minimum absolute atomic E-state index is 0.0131. The standard InChI is InChI=1S/C22H23FN4OS/c1-15-2-8-19(9-3-15)24-21(28)17-10-12-27(13-11-17)22-25-20(26-29-22)14-16-4-6-18(23)7-5-16/h2-9,17H,10-14H2,1H3,(H,24,28). The van der Waals surface area contributed by atoms with Crippen molar-refractivity contribution >= 4 is 28.3 Å². The number of rotatable bonds is 5. The highest BCUT2D eigenvalue weighted by Gasteiger charge is 2.26. The smallest absolute Gasteiger partial charge is 0.227 e. The number of anilines is 2. The largest absolute Gasteiger partial charge is 0.347 e. The van der Waals surface area contributed by atoms with Gasteiger partial charge in [0.05, 0.1) is 0 Å². The molecular formula is C22H23FN4OS. The second-order valence-electron chi connectivity index (χ2n) is 7.41. The highest BCUT2D eigenvalue weighted by molar-refractivity contribution is 7.09. The first kappa shape index (κ1) is 19.5. The predicted molar refractivity (Wildman–Crippen MR) is 114 cm³/mol. The van der Waals surface area contributed by atoms with Gasteiger partial charge in [0, 0.05) is 42.6 Å². The second kappa shape index (κ2) is 8.69.